The lowest BCUT2D eigenvalue weighted by molar-refractivity contribution is -0.127. The third kappa shape index (κ3) is 5.34. The predicted molar refractivity (Wildman–Crippen MR) is 96.0 cm³/mol. The summed E-state index contributed by atoms with van der Waals surface area (Å²) in [7, 11) is 5.22. The number of nitrogens with one attached hydrogen (secondary N) is 2. The van der Waals surface area contributed by atoms with Crippen LogP contribution < -0.4 is 10.6 Å². The van der Waals surface area contributed by atoms with Crippen LogP contribution in [0.15, 0.2) is 4.99 Å². The molecule has 2 aliphatic rings. The fourth-order valence-electron chi connectivity index (χ4n) is 3.60. The molecule has 1 amide bonds. The highest BCUT2D eigenvalue weighted by atomic mass is 16.3. The number of carbonyl (C=O) groups is 1. The van der Waals surface area contributed by atoms with Gasteiger partial charge < -0.3 is 20.6 Å². The van der Waals surface area contributed by atoms with Crippen LogP contribution in [0.2, 0.25) is 0 Å². The highest BCUT2D eigenvalue weighted by molar-refractivity contribution is 5.86. The Labute approximate surface area is 145 Å². The van der Waals surface area contributed by atoms with Crippen molar-refractivity contribution in [3.63, 3.8) is 0 Å². The second-order valence-electron chi connectivity index (χ2n) is 7.09. The van der Waals surface area contributed by atoms with Crippen LogP contribution in [-0.4, -0.2) is 85.7 Å². The number of rotatable bonds is 4. The van der Waals surface area contributed by atoms with Gasteiger partial charge in [-0.2, -0.15) is 0 Å². The second kappa shape index (κ2) is 9.22. The van der Waals surface area contributed by atoms with Gasteiger partial charge in [0.1, 0.15) is 0 Å². The van der Waals surface area contributed by atoms with Gasteiger partial charge in [0, 0.05) is 46.3 Å². The number of hydrogen-bond donors (Lipinski definition) is 3. The number of hydrogen-bond acceptors (Lipinski definition) is 4. The molecule has 2 fully saturated rings. The molecular weight excluding hydrogens is 306 g/mol. The van der Waals surface area contributed by atoms with E-state index in [2.05, 4.69) is 20.5 Å². The van der Waals surface area contributed by atoms with Gasteiger partial charge in [0.15, 0.2) is 5.96 Å². The van der Waals surface area contributed by atoms with E-state index in [-0.39, 0.29) is 18.6 Å². The molecule has 2 unspecified atom stereocenters. The van der Waals surface area contributed by atoms with Crippen LogP contribution in [-0.2, 0) is 4.79 Å². The molecule has 0 radical (unpaired) electrons. The van der Waals surface area contributed by atoms with Crippen LogP contribution in [0, 0.1) is 0 Å². The number of aliphatic imine (C=N–C) groups is 1. The highest BCUT2D eigenvalue weighted by Gasteiger charge is 2.31. The molecule has 1 aliphatic heterocycles. The minimum Gasteiger partial charge on any atom is -0.391 e. The Balaban J connectivity index is 1.74. The normalized spacial score (nSPS) is 26.9. The lowest BCUT2D eigenvalue weighted by Gasteiger charge is -2.41. The number of piperidine rings is 1. The molecule has 3 N–H and O–H groups in total. The van der Waals surface area contributed by atoms with Gasteiger partial charge in [0.25, 0.3) is 0 Å². The first-order valence-corrected chi connectivity index (χ1v) is 9.10. The number of likely N-dealkylation sites (N-methyl/N-ethyl adjacent to an activating group) is 1. The fraction of sp³-hybridized carbons (Fsp3) is 0.882. The van der Waals surface area contributed by atoms with Crippen molar-refractivity contribution in [3.8, 4) is 0 Å². The molecule has 1 saturated carbocycles. The molecule has 1 heterocycles. The summed E-state index contributed by atoms with van der Waals surface area (Å²) in [6.07, 6.45) is 6.36. The molecule has 24 heavy (non-hydrogen) atoms. The van der Waals surface area contributed by atoms with Gasteiger partial charge >= 0.3 is 0 Å². The molecule has 7 nitrogen and oxygen atoms in total. The summed E-state index contributed by atoms with van der Waals surface area (Å²) < 4.78 is 0. The van der Waals surface area contributed by atoms with Gasteiger partial charge in [0.05, 0.1) is 12.6 Å². The molecule has 1 aliphatic carbocycles. The number of amides is 1. The van der Waals surface area contributed by atoms with Crippen molar-refractivity contribution in [2.24, 2.45) is 4.99 Å². The van der Waals surface area contributed by atoms with Crippen LogP contribution in [0.5, 0.6) is 0 Å². The maximum absolute atomic E-state index is 11.7. The molecule has 0 bridgehead atoms. The monoisotopic (exact) mass is 339 g/mol. The van der Waals surface area contributed by atoms with E-state index < -0.39 is 0 Å². The van der Waals surface area contributed by atoms with Gasteiger partial charge in [-0.3, -0.25) is 14.7 Å². The maximum Gasteiger partial charge on any atom is 0.241 e. The lowest BCUT2D eigenvalue weighted by atomic mass is 9.89. The van der Waals surface area contributed by atoms with Crippen molar-refractivity contribution >= 4 is 11.9 Å². The summed E-state index contributed by atoms with van der Waals surface area (Å²) in [5, 5.41) is 16.7. The van der Waals surface area contributed by atoms with E-state index in [9.17, 15) is 9.90 Å². The van der Waals surface area contributed by atoms with Crippen molar-refractivity contribution in [1.29, 1.82) is 0 Å². The number of nitrogens with zero attached hydrogens (tertiary/aromatic N) is 3. The molecule has 2 rings (SSSR count). The first kappa shape index (κ1) is 19.0. The number of aliphatic hydroxyl groups is 1. The van der Waals surface area contributed by atoms with Crippen molar-refractivity contribution in [1.82, 2.24) is 20.4 Å². The molecule has 0 aromatic heterocycles. The van der Waals surface area contributed by atoms with Crippen molar-refractivity contribution < 1.29 is 9.90 Å². The first-order chi connectivity index (χ1) is 11.5. The van der Waals surface area contributed by atoms with Gasteiger partial charge in [-0.15, -0.1) is 0 Å². The van der Waals surface area contributed by atoms with Crippen LogP contribution in [0.3, 0.4) is 0 Å². The summed E-state index contributed by atoms with van der Waals surface area (Å²) in [6.45, 7) is 2.26. The Hall–Kier alpha value is -1.34. The molecule has 7 heteroatoms. The minimum absolute atomic E-state index is 0.0269. The Morgan fingerprint density at radius 3 is 2.46 bits per heavy atom. The number of carbonyl (C=O) groups excluding carboxylic acids is 1. The van der Waals surface area contributed by atoms with Crippen molar-refractivity contribution in [2.45, 2.75) is 56.7 Å². The molecule has 0 aromatic rings. The van der Waals surface area contributed by atoms with Crippen molar-refractivity contribution in [3.05, 3.63) is 0 Å². The molecule has 138 valence electrons. The summed E-state index contributed by atoms with van der Waals surface area (Å²) in [5.41, 5.74) is 0. The highest BCUT2D eigenvalue weighted by Crippen LogP contribution is 2.25. The Morgan fingerprint density at radius 2 is 1.88 bits per heavy atom. The fourth-order valence-corrected chi connectivity index (χ4v) is 3.60. The van der Waals surface area contributed by atoms with E-state index in [0.717, 1.165) is 45.2 Å². The average molecular weight is 339 g/mol. The smallest absolute Gasteiger partial charge is 0.241 e. The van der Waals surface area contributed by atoms with Crippen LogP contribution in [0.25, 0.3) is 0 Å². The number of likely N-dealkylation sites (tertiary alicyclic amines) is 1. The SMILES string of the molecule is CN=C(NCC(=O)N(C)C)NC1CCN(C2CCCCC2O)CC1. The summed E-state index contributed by atoms with van der Waals surface area (Å²) in [4.78, 5) is 19.9. The summed E-state index contributed by atoms with van der Waals surface area (Å²) >= 11 is 0. The number of guanidine groups is 1. The molecule has 0 aromatic carbocycles. The third-order valence-corrected chi connectivity index (χ3v) is 5.16. The zero-order chi connectivity index (χ0) is 17.5. The zero-order valence-corrected chi connectivity index (χ0v) is 15.3. The van der Waals surface area contributed by atoms with E-state index in [1.165, 1.54) is 6.42 Å². The van der Waals surface area contributed by atoms with Gasteiger partial charge in [-0.05, 0) is 25.7 Å². The zero-order valence-electron chi connectivity index (χ0n) is 15.3. The topological polar surface area (TPSA) is 80.2 Å². The molecule has 1 saturated heterocycles. The Morgan fingerprint density at radius 1 is 1.21 bits per heavy atom. The minimum atomic E-state index is -0.158. The summed E-state index contributed by atoms with van der Waals surface area (Å²) in [5.74, 6) is 0.709. The van der Waals surface area contributed by atoms with Gasteiger partial charge in [0.2, 0.25) is 5.91 Å². The quantitative estimate of drug-likeness (QED) is 0.497. The van der Waals surface area contributed by atoms with Crippen LogP contribution in [0.4, 0.5) is 0 Å². The van der Waals surface area contributed by atoms with E-state index in [0.29, 0.717) is 18.0 Å². The maximum atomic E-state index is 11.7. The van der Waals surface area contributed by atoms with Gasteiger partial charge in [-0.25, -0.2) is 0 Å². The second-order valence-corrected chi connectivity index (χ2v) is 7.09. The van der Waals surface area contributed by atoms with Crippen molar-refractivity contribution in [2.75, 3.05) is 40.8 Å². The van der Waals surface area contributed by atoms with Gasteiger partial charge in [-0.1, -0.05) is 12.8 Å². The van der Waals surface area contributed by atoms with Crippen LogP contribution in [0.1, 0.15) is 38.5 Å². The lowest BCUT2D eigenvalue weighted by Crippen LogP contribution is -2.54. The predicted octanol–water partition coefficient (Wildman–Crippen LogP) is 0.00750. The molecular formula is C17H33N5O2. The van der Waals surface area contributed by atoms with E-state index in [1.807, 2.05) is 0 Å². The standard InChI is InChI=1S/C17H33N5O2/c1-18-17(19-12-16(24)21(2)3)20-13-8-10-22(11-9-13)14-6-4-5-7-15(14)23/h13-15,23H,4-12H2,1-3H3,(H2,18,19,20). The van der Waals surface area contributed by atoms with E-state index in [4.69, 9.17) is 0 Å². The summed E-state index contributed by atoms with van der Waals surface area (Å²) in [6, 6.07) is 0.706. The first-order valence-electron chi connectivity index (χ1n) is 9.10. The van der Waals surface area contributed by atoms with E-state index in [1.54, 1.807) is 26.0 Å². The molecule has 2 atom stereocenters. The molecule has 0 spiro atoms. The largest absolute Gasteiger partial charge is 0.391 e. The average Bonchev–Trinajstić information content (AvgIpc) is 2.59. The Bertz CT molecular complexity index is 433. The Kier molecular flexibility index (Phi) is 7.30. The third-order valence-electron chi connectivity index (χ3n) is 5.16. The van der Waals surface area contributed by atoms with Crippen LogP contribution >= 0.6 is 0 Å². The van der Waals surface area contributed by atoms with E-state index >= 15 is 0 Å². The number of aliphatic hydroxyl groups excluding tert-OH is 1.